The van der Waals surface area contributed by atoms with Crippen LogP contribution in [0.15, 0.2) is 36.4 Å². The van der Waals surface area contributed by atoms with E-state index in [1.54, 1.807) is 7.11 Å². The molecule has 0 saturated heterocycles. The number of benzene rings is 2. The van der Waals surface area contributed by atoms with Crippen molar-refractivity contribution < 1.29 is 9.47 Å². The van der Waals surface area contributed by atoms with Gasteiger partial charge in [0.05, 0.1) is 13.7 Å². The zero-order chi connectivity index (χ0) is 15.2. The number of halogens is 1. The molecule has 3 nitrogen and oxygen atoms in total. The first kappa shape index (κ1) is 15.7. The van der Waals surface area contributed by atoms with E-state index in [-0.39, 0.29) is 0 Å². The number of fused-ring (bicyclic) bond motifs is 1. The molecule has 0 fully saturated rings. The maximum atomic E-state index is 6.11. The number of hydrogen-bond acceptors (Lipinski definition) is 3. The summed E-state index contributed by atoms with van der Waals surface area (Å²) in [4.78, 5) is 0. The molecule has 1 aliphatic heterocycles. The van der Waals surface area contributed by atoms with Gasteiger partial charge in [0, 0.05) is 16.1 Å². The van der Waals surface area contributed by atoms with Crippen LogP contribution in [0.25, 0.3) is 11.1 Å². The zero-order valence-electron chi connectivity index (χ0n) is 12.4. The Morgan fingerprint density at radius 2 is 1.95 bits per heavy atom. The smallest absolute Gasteiger partial charge is 0.130 e. The van der Waals surface area contributed by atoms with Crippen LogP contribution in [0.1, 0.15) is 12.0 Å². The molecule has 2 N–H and O–H groups in total. The maximum absolute atomic E-state index is 6.11. The van der Waals surface area contributed by atoms with Crippen LogP contribution in [0.5, 0.6) is 11.5 Å². The van der Waals surface area contributed by atoms with Crippen molar-refractivity contribution in [3.05, 3.63) is 47.0 Å². The third-order valence-electron chi connectivity index (χ3n) is 3.39. The lowest BCUT2D eigenvalue weighted by Gasteiger charge is -2.21. The summed E-state index contributed by atoms with van der Waals surface area (Å²) in [6, 6.07) is 11.9. The van der Waals surface area contributed by atoms with E-state index in [9.17, 15) is 0 Å². The molecule has 21 heavy (non-hydrogen) atoms. The molecule has 2 aromatic carbocycles. The van der Waals surface area contributed by atoms with Crippen molar-refractivity contribution in [1.29, 1.82) is 0 Å². The Morgan fingerprint density at radius 1 is 1.14 bits per heavy atom. The third-order valence-corrected chi connectivity index (χ3v) is 3.62. The Kier molecular flexibility index (Phi) is 5.48. The molecule has 0 radical (unpaired) electrons. The van der Waals surface area contributed by atoms with Gasteiger partial charge in [-0.25, -0.2) is 0 Å². The van der Waals surface area contributed by atoms with Gasteiger partial charge >= 0.3 is 0 Å². The van der Waals surface area contributed by atoms with Crippen molar-refractivity contribution in [2.45, 2.75) is 12.8 Å². The van der Waals surface area contributed by atoms with Gasteiger partial charge in [-0.3, -0.25) is 0 Å². The number of nitrogens with two attached hydrogens (primary N) is 1. The molecule has 3 rings (SSSR count). The van der Waals surface area contributed by atoms with Crippen LogP contribution in [0.3, 0.4) is 0 Å². The van der Waals surface area contributed by atoms with Crippen molar-refractivity contribution in [1.82, 2.24) is 0 Å². The average molecular weight is 306 g/mol. The molecule has 0 bridgehead atoms. The third kappa shape index (κ3) is 3.31. The Balaban J connectivity index is 0.000000774. The summed E-state index contributed by atoms with van der Waals surface area (Å²) in [5.41, 5.74) is 7.79. The molecule has 1 aliphatic rings. The fraction of sp³-hybridized carbons (Fsp3) is 0.294. The molecule has 0 aliphatic carbocycles. The van der Waals surface area contributed by atoms with Gasteiger partial charge < -0.3 is 15.2 Å². The van der Waals surface area contributed by atoms with Gasteiger partial charge in [0.2, 0.25) is 0 Å². The van der Waals surface area contributed by atoms with E-state index in [0.29, 0.717) is 5.02 Å². The minimum Gasteiger partial charge on any atom is -0.496 e. The molecule has 4 heteroatoms. The van der Waals surface area contributed by atoms with Gasteiger partial charge in [0.25, 0.3) is 0 Å². The van der Waals surface area contributed by atoms with Gasteiger partial charge in [-0.2, -0.15) is 0 Å². The maximum Gasteiger partial charge on any atom is 0.130 e. The van der Waals surface area contributed by atoms with E-state index in [4.69, 9.17) is 21.1 Å². The molecule has 0 amide bonds. The van der Waals surface area contributed by atoms with Crippen LogP contribution in [0, 0.1) is 0 Å². The summed E-state index contributed by atoms with van der Waals surface area (Å²) >= 11 is 6.11. The summed E-state index contributed by atoms with van der Waals surface area (Å²) in [5.74, 6) is 1.78. The second kappa shape index (κ2) is 7.34. The van der Waals surface area contributed by atoms with E-state index >= 15 is 0 Å². The quantitative estimate of drug-likeness (QED) is 0.914. The first-order valence-corrected chi connectivity index (χ1v) is 7.34. The number of para-hydroxylation sites is 1. The Labute approximate surface area is 130 Å². The van der Waals surface area contributed by atoms with Crippen LogP contribution < -0.4 is 15.2 Å². The number of hydrogen-bond donors (Lipinski definition) is 1. The molecular weight excluding hydrogens is 286 g/mol. The van der Waals surface area contributed by atoms with Crippen LogP contribution in [-0.2, 0) is 6.42 Å². The molecule has 0 spiro atoms. The molecule has 0 unspecified atom stereocenters. The average Bonchev–Trinajstić information content (AvgIpc) is 2.56. The number of aryl methyl sites for hydroxylation is 1. The SMILES string of the molecule is CN.COc1ccc(Cl)cc1-c1cccc2c1OCCC2. The Bertz CT molecular complexity index is 614. The first-order chi connectivity index (χ1) is 10.3. The van der Waals surface area contributed by atoms with Gasteiger partial charge in [-0.15, -0.1) is 0 Å². The van der Waals surface area contributed by atoms with E-state index < -0.39 is 0 Å². The van der Waals surface area contributed by atoms with Crippen molar-refractivity contribution in [2.24, 2.45) is 5.73 Å². The lowest BCUT2D eigenvalue weighted by Crippen LogP contribution is -2.09. The van der Waals surface area contributed by atoms with Gasteiger partial charge in [0.1, 0.15) is 11.5 Å². The predicted octanol–water partition coefficient (Wildman–Crippen LogP) is 3.92. The zero-order valence-corrected chi connectivity index (χ0v) is 13.1. The molecular formula is C17H20ClNO2. The van der Waals surface area contributed by atoms with Crippen LogP contribution in [0.2, 0.25) is 5.02 Å². The normalized spacial score (nSPS) is 12.6. The molecule has 1 heterocycles. The lowest BCUT2D eigenvalue weighted by molar-refractivity contribution is 0.289. The second-order valence-electron chi connectivity index (χ2n) is 4.59. The fourth-order valence-corrected chi connectivity index (χ4v) is 2.66. The Hall–Kier alpha value is -1.71. The topological polar surface area (TPSA) is 44.5 Å². The summed E-state index contributed by atoms with van der Waals surface area (Å²) in [6.07, 6.45) is 2.13. The standard InChI is InChI=1S/C16H15ClO2.CH5N/c1-18-15-8-7-12(17)10-14(15)13-6-2-4-11-5-3-9-19-16(11)13;1-2/h2,4,6-8,10H,3,5,9H2,1H3;2H2,1H3. The molecule has 112 valence electrons. The Morgan fingerprint density at radius 3 is 2.71 bits per heavy atom. The van der Waals surface area contributed by atoms with Gasteiger partial charge in [0.15, 0.2) is 0 Å². The summed E-state index contributed by atoms with van der Waals surface area (Å²) in [7, 11) is 3.17. The van der Waals surface area contributed by atoms with Gasteiger partial charge in [-0.1, -0.05) is 29.8 Å². The second-order valence-corrected chi connectivity index (χ2v) is 5.03. The largest absolute Gasteiger partial charge is 0.496 e. The fourth-order valence-electron chi connectivity index (χ4n) is 2.49. The van der Waals surface area contributed by atoms with Crippen molar-refractivity contribution >= 4 is 11.6 Å². The number of methoxy groups -OCH3 is 1. The molecule has 0 aromatic heterocycles. The molecule has 0 saturated carbocycles. The lowest BCUT2D eigenvalue weighted by atomic mass is 9.97. The molecule has 2 aromatic rings. The predicted molar refractivity (Wildman–Crippen MR) is 87.4 cm³/mol. The minimum atomic E-state index is 0.698. The molecule has 0 atom stereocenters. The highest BCUT2D eigenvalue weighted by Crippen LogP contribution is 2.41. The minimum absolute atomic E-state index is 0.698. The van der Waals surface area contributed by atoms with E-state index in [1.807, 2.05) is 18.2 Å². The van der Waals surface area contributed by atoms with Crippen molar-refractivity contribution in [3.8, 4) is 22.6 Å². The van der Waals surface area contributed by atoms with Crippen LogP contribution in [0.4, 0.5) is 0 Å². The highest BCUT2D eigenvalue weighted by molar-refractivity contribution is 6.31. The van der Waals surface area contributed by atoms with Crippen LogP contribution >= 0.6 is 11.6 Å². The summed E-state index contributed by atoms with van der Waals surface area (Å²) < 4.78 is 11.3. The van der Waals surface area contributed by atoms with Gasteiger partial charge in [-0.05, 0) is 43.7 Å². The van der Waals surface area contributed by atoms with E-state index in [1.165, 1.54) is 12.6 Å². The number of rotatable bonds is 2. The van der Waals surface area contributed by atoms with Crippen molar-refractivity contribution in [3.63, 3.8) is 0 Å². The summed E-state index contributed by atoms with van der Waals surface area (Å²) in [6.45, 7) is 0.771. The van der Waals surface area contributed by atoms with E-state index in [0.717, 1.165) is 42.1 Å². The monoisotopic (exact) mass is 305 g/mol. The van der Waals surface area contributed by atoms with Crippen molar-refractivity contribution in [2.75, 3.05) is 20.8 Å². The summed E-state index contributed by atoms with van der Waals surface area (Å²) in [5, 5.41) is 0.698. The first-order valence-electron chi connectivity index (χ1n) is 6.96. The van der Waals surface area contributed by atoms with E-state index in [2.05, 4.69) is 23.9 Å². The highest BCUT2D eigenvalue weighted by Gasteiger charge is 2.18. The van der Waals surface area contributed by atoms with Crippen LogP contribution in [-0.4, -0.2) is 20.8 Å². The highest BCUT2D eigenvalue weighted by atomic mass is 35.5. The number of ether oxygens (including phenoxy) is 2.